The summed E-state index contributed by atoms with van der Waals surface area (Å²) in [5.74, 6) is -3.34. The molecule has 0 N–H and O–H groups in total. The van der Waals surface area contributed by atoms with E-state index in [0.29, 0.717) is 15.6 Å². The van der Waals surface area contributed by atoms with E-state index in [4.69, 9.17) is 21.1 Å². The standard InChI is InChI=1S/C18H17ClF2N2O4/c1-26-10-22(13-8-6-12(19)7-9-13)18(25)23(11-27-2)17(24)16-14(20)4-3-5-15(16)21/h3-9H,10-11H2,1-2H3. The molecular weight excluding hydrogens is 382 g/mol. The first-order valence-corrected chi connectivity index (χ1v) is 8.09. The molecule has 0 saturated carbocycles. The number of nitrogens with zero attached hydrogens (tertiary/aromatic N) is 2. The number of amides is 3. The first kappa shape index (κ1) is 20.8. The van der Waals surface area contributed by atoms with Crippen LogP contribution in [0.25, 0.3) is 0 Å². The minimum atomic E-state index is -1.17. The summed E-state index contributed by atoms with van der Waals surface area (Å²) in [7, 11) is 2.60. The van der Waals surface area contributed by atoms with E-state index in [2.05, 4.69) is 0 Å². The predicted octanol–water partition coefficient (Wildman–Crippen LogP) is 3.89. The van der Waals surface area contributed by atoms with Gasteiger partial charge < -0.3 is 9.47 Å². The van der Waals surface area contributed by atoms with Gasteiger partial charge in [0, 0.05) is 24.9 Å². The number of carbonyl (C=O) groups is 2. The maximum absolute atomic E-state index is 14.0. The summed E-state index contributed by atoms with van der Waals surface area (Å²) < 4.78 is 37.9. The van der Waals surface area contributed by atoms with E-state index in [1.165, 1.54) is 14.2 Å². The van der Waals surface area contributed by atoms with Crippen LogP contribution in [0.2, 0.25) is 5.02 Å². The van der Waals surface area contributed by atoms with E-state index in [1.807, 2.05) is 0 Å². The molecule has 0 radical (unpaired) electrons. The number of benzene rings is 2. The van der Waals surface area contributed by atoms with Gasteiger partial charge in [0.2, 0.25) is 0 Å². The molecule has 144 valence electrons. The molecule has 2 rings (SSSR count). The summed E-state index contributed by atoms with van der Waals surface area (Å²) in [6, 6.07) is 8.27. The fourth-order valence-electron chi connectivity index (χ4n) is 2.30. The number of rotatable bonds is 6. The summed E-state index contributed by atoms with van der Waals surface area (Å²) >= 11 is 5.85. The number of hydrogen-bond acceptors (Lipinski definition) is 4. The third-order valence-corrected chi connectivity index (χ3v) is 3.79. The van der Waals surface area contributed by atoms with Gasteiger partial charge in [0.1, 0.15) is 30.7 Å². The first-order valence-electron chi connectivity index (χ1n) is 7.71. The Morgan fingerprint density at radius 1 is 0.963 bits per heavy atom. The Kier molecular flexibility index (Phi) is 7.23. The molecule has 27 heavy (non-hydrogen) atoms. The Hall–Kier alpha value is -2.55. The number of anilines is 1. The lowest BCUT2D eigenvalue weighted by Gasteiger charge is -2.28. The van der Waals surface area contributed by atoms with Crippen molar-refractivity contribution >= 4 is 29.2 Å². The maximum atomic E-state index is 14.0. The van der Waals surface area contributed by atoms with Gasteiger partial charge >= 0.3 is 6.03 Å². The van der Waals surface area contributed by atoms with Crippen molar-refractivity contribution in [3.63, 3.8) is 0 Å². The summed E-state index contributed by atoms with van der Waals surface area (Å²) in [4.78, 5) is 27.3. The van der Waals surface area contributed by atoms with E-state index in [9.17, 15) is 18.4 Å². The highest BCUT2D eigenvalue weighted by atomic mass is 35.5. The van der Waals surface area contributed by atoms with Gasteiger partial charge in [0.05, 0.1) is 0 Å². The van der Waals surface area contributed by atoms with Crippen LogP contribution < -0.4 is 4.90 Å². The maximum Gasteiger partial charge on any atom is 0.335 e. The van der Waals surface area contributed by atoms with Crippen LogP contribution in [0.15, 0.2) is 42.5 Å². The van der Waals surface area contributed by atoms with Gasteiger partial charge in [-0.05, 0) is 36.4 Å². The minimum Gasteiger partial charge on any atom is -0.364 e. The zero-order valence-corrected chi connectivity index (χ0v) is 15.4. The van der Waals surface area contributed by atoms with Crippen molar-refractivity contribution in [2.45, 2.75) is 0 Å². The van der Waals surface area contributed by atoms with E-state index in [0.717, 1.165) is 23.1 Å². The normalized spacial score (nSPS) is 10.6. The Bertz CT molecular complexity index is 797. The van der Waals surface area contributed by atoms with E-state index < -0.39 is 35.9 Å². The monoisotopic (exact) mass is 398 g/mol. The van der Waals surface area contributed by atoms with Crippen LogP contribution in [0.4, 0.5) is 19.3 Å². The van der Waals surface area contributed by atoms with Crippen molar-refractivity contribution < 1.29 is 27.8 Å². The van der Waals surface area contributed by atoms with Crippen molar-refractivity contribution in [1.29, 1.82) is 0 Å². The molecule has 0 aromatic heterocycles. The van der Waals surface area contributed by atoms with Crippen LogP contribution in [0.5, 0.6) is 0 Å². The first-order chi connectivity index (χ1) is 12.9. The molecule has 0 unspecified atom stereocenters. The molecule has 0 saturated heterocycles. The largest absolute Gasteiger partial charge is 0.364 e. The van der Waals surface area contributed by atoms with Crippen molar-refractivity contribution in [3.05, 3.63) is 64.7 Å². The average molecular weight is 399 g/mol. The Morgan fingerprint density at radius 3 is 2.04 bits per heavy atom. The highest BCUT2D eigenvalue weighted by molar-refractivity contribution is 6.30. The van der Waals surface area contributed by atoms with Crippen molar-refractivity contribution in [3.8, 4) is 0 Å². The van der Waals surface area contributed by atoms with Crippen LogP contribution >= 0.6 is 11.6 Å². The van der Waals surface area contributed by atoms with Gasteiger partial charge in [0.15, 0.2) is 0 Å². The molecule has 0 aliphatic rings. The molecule has 3 amide bonds. The molecule has 0 fully saturated rings. The number of hydrogen-bond donors (Lipinski definition) is 0. The van der Waals surface area contributed by atoms with Crippen LogP contribution in [-0.2, 0) is 9.47 Å². The number of imide groups is 1. The molecule has 6 nitrogen and oxygen atoms in total. The summed E-state index contributed by atoms with van der Waals surface area (Å²) in [5, 5.41) is 0.446. The number of carbonyl (C=O) groups excluding carboxylic acids is 2. The van der Waals surface area contributed by atoms with Gasteiger partial charge in [-0.3, -0.25) is 9.69 Å². The minimum absolute atomic E-state index is 0.215. The number of halogens is 3. The fraction of sp³-hybridized carbons (Fsp3) is 0.222. The second-order valence-electron chi connectivity index (χ2n) is 5.35. The highest BCUT2D eigenvalue weighted by Crippen LogP contribution is 2.21. The third kappa shape index (κ3) is 4.79. The van der Waals surface area contributed by atoms with Crippen molar-refractivity contribution in [2.24, 2.45) is 0 Å². The van der Waals surface area contributed by atoms with Crippen LogP contribution in [0, 0.1) is 11.6 Å². The van der Waals surface area contributed by atoms with Crippen LogP contribution in [0.1, 0.15) is 10.4 Å². The summed E-state index contributed by atoms with van der Waals surface area (Å²) in [6.07, 6.45) is 0. The number of urea groups is 1. The van der Waals surface area contributed by atoms with Gasteiger partial charge in [-0.1, -0.05) is 17.7 Å². The fourth-order valence-corrected chi connectivity index (χ4v) is 2.43. The average Bonchev–Trinajstić information content (AvgIpc) is 2.64. The second-order valence-corrected chi connectivity index (χ2v) is 5.79. The Balaban J connectivity index is 2.41. The van der Waals surface area contributed by atoms with Gasteiger partial charge in [-0.2, -0.15) is 0 Å². The number of methoxy groups -OCH3 is 2. The Labute approximate surface area is 159 Å². The molecule has 0 heterocycles. The SMILES string of the molecule is COCN(C(=O)c1c(F)cccc1F)C(=O)N(COC)c1ccc(Cl)cc1. The Morgan fingerprint density at radius 2 is 1.52 bits per heavy atom. The molecule has 0 aliphatic heterocycles. The zero-order chi connectivity index (χ0) is 20.0. The topological polar surface area (TPSA) is 59.1 Å². The molecule has 2 aromatic rings. The second kappa shape index (κ2) is 9.40. The smallest absolute Gasteiger partial charge is 0.335 e. The number of ether oxygens (including phenoxy) is 2. The molecule has 0 atom stereocenters. The van der Waals surface area contributed by atoms with Gasteiger partial charge in [-0.25, -0.2) is 18.5 Å². The molecule has 9 heteroatoms. The molecule has 0 bridgehead atoms. The summed E-state index contributed by atoms with van der Waals surface area (Å²) in [5.41, 5.74) is -0.481. The van der Waals surface area contributed by atoms with E-state index in [1.54, 1.807) is 24.3 Å². The lowest BCUT2D eigenvalue weighted by atomic mass is 10.1. The predicted molar refractivity (Wildman–Crippen MR) is 95.6 cm³/mol. The molecule has 0 aliphatic carbocycles. The van der Waals surface area contributed by atoms with Crippen LogP contribution in [-0.4, -0.2) is 44.5 Å². The van der Waals surface area contributed by atoms with E-state index in [-0.39, 0.29) is 6.73 Å². The quantitative estimate of drug-likeness (QED) is 0.692. The van der Waals surface area contributed by atoms with Crippen molar-refractivity contribution in [1.82, 2.24) is 4.90 Å². The third-order valence-electron chi connectivity index (χ3n) is 3.54. The van der Waals surface area contributed by atoms with Gasteiger partial charge in [0.25, 0.3) is 5.91 Å². The molecule has 0 spiro atoms. The van der Waals surface area contributed by atoms with E-state index >= 15 is 0 Å². The highest BCUT2D eigenvalue weighted by Gasteiger charge is 2.31. The lowest BCUT2D eigenvalue weighted by Crippen LogP contribution is -2.48. The van der Waals surface area contributed by atoms with Gasteiger partial charge in [-0.15, -0.1) is 0 Å². The van der Waals surface area contributed by atoms with Crippen molar-refractivity contribution in [2.75, 3.05) is 32.6 Å². The zero-order valence-electron chi connectivity index (χ0n) is 14.6. The molecular formula is C18H17ClF2N2O4. The molecule has 2 aromatic carbocycles. The summed E-state index contributed by atoms with van der Waals surface area (Å²) in [6.45, 7) is -0.729. The van der Waals surface area contributed by atoms with Crippen LogP contribution in [0.3, 0.4) is 0 Å². The lowest BCUT2D eigenvalue weighted by molar-refractivity contribution is 0.0525.